The number of hydrogen-bond acceptors (Lipinski definition) is 7. The molecule has 0 aromatic carbocycles. The number of pyridine rings is 1. The summed E-state index contributed by atoms with van der Waals surface area (Å²) in [5.74, 6) is 0.783. The fourth-order valence-corrected chi connectivity index (χ4v) is 3.33. The van der Waals surface area contributed by atoms with E-state index >= 15 is 0 Å². The van der Waals surface area contributed by atoms with Crippen molar-refractivity contribution in [3.8, 4) is 5.82 Å². The van der Waals surface area contributed by atoms with E-state index in [4.69, 9.17) is 0 Å². The summed E-state index contributed by atoms with van der Waals surface area (Å²) in [7, 11) is -2.35. The van der Waals surface area contributed by atoms with Crippen LogP contribution in [0.3, 0.4) is 0 Å². The topological polar surface area (TPSA) is 95.0 Å². The minimum atomic E-state index is -2.35. The molecule has 3 aromatic heterocycles. The third-order valence-corrected chi connectivity index (χ3v) is 4.58. The average Bonchev–Trinajstić information content (AvgIpc) is 2.86. The lowest BCUT2D eigenvalue weighted by Gasteiger charge is -2.10. The molecular formula is C16H18N6O2S2. The van der Waals surface area contributed by atoms with Gasteiger partial charge in [0.1, 0.15) is 5.39 Å². The van der Waals surface area contributed by atoms with Gasteiger partial charge in [0.05, 0.1) is 6.54 Å². The molecule has 3 aromatic rings. The Morgan fingerprint density at radius 2 is 2.12 bits per heavy atom. The van der Waals surface area contributed by atoms with Crippen LogP contribution in [-0.2, 0) is 16.3 Å². The van der Waals surface area contributed by atoms with E-state index in [0.29, 0.717) is 27.8 Å². The predicted molar refractivity (Wildman–Crippen MR) is 105 cm³/mol. The van der Waals surface area contributed by atoms with Gasteiger partial charge >= 0.3 is 0 Å². The zero-order valence-corrected chi connectivity index (χ0v) is 16.3. The molecule has 0 aliphatic carbocycles. The molecule has 0 spiro atoms. The molecule has 0 unspecified atom stereocenters. The predicted octanol–water partition coefficient (Wildman–Crippen LogP) is 2.24. The molecule has 0 saturated carbocycles. The van der Waals surface area contributed by atoms with Crippen LogP contribution in [0, 0.1) is 0 Å². The van der Waals surface area contributed by atoms with Crippen molar-refractivity contribution >= 4 is 38.3 Å². The lowest BCUT2D eigenvalue weighted by Crippen LogP contribution is -2.22. The smallest absolute Gasteiger partial charge is 0.267 e. The Hall–Kier alpha value is -2.46. The molecule has 0 N–H and O–H groups in total. The van der Waals surface area contributed by atoms with Crippen LogP contribution in [0.15, 0.2) is 51.4 Å². The van der Waals surface area contributed by atoms with Crippen LogP contribution >= 0.6 is 11.8 Å². The molecule has 0 bridgehead atoms. The summed E-state index contributed by atoms with van der Waals surface area (Å²) in [6, 6.07) is 5.16. The SMILES string of the molecule is C=CCn1c(=O)c2cnc(SC)nc2n1-c1cccc(N=S(C)(C)=O)n1. The Bertz CT molecular complexity index is 1160. The molecule has 10 heteroatoms. The van der Waals surface area contributed by atoms with Gasteiger partial charge in [0.2, 0.25) is 0 Å². The fourth-order valence-electron chi connectivity index (χ4n) is 2.44. The molecule has 0 aliphatic rings. The summed E-state index contributed by atoms with van der Waals surface area (Å²) in [5, 5.41) is 0.941. The molecule has 3 heterocycles. The van der Waals surface area contributed by atoms with Crippen LogP contribution in [0.2, 0.25) is 0 Å². The standard InChI is InChI=1S/C16H18N6O2S2/c1-5-9-21-15(23)11-10-17-16(25-2)19-14(11)22(21)13-8-6-7-12(18-13)20-26(3,4)24/h5-8,10H,1,9H2,2-4H3. The van der Waals surface area contributed by atoms with Crippen LogP contribution in [0.4, 0.5) is 5.82 Å². The number of nitrogens with zero attached hydrogens (tertiary/aromatic N) is 6. The first-order valence-electron chi connectivity index (χ1n) is 7.62. The van der Waals surface area contributed by atoms with Gasteiger partial charge < -0.3 is 0 Å². The third kappa shape index (κ3) is 3.56. The van der Waals surface area contributed by atoms with Gasteiger partial charge in [-0.15, -0.1) is 6.58 Å². The van der Waals surface area contributed by atoms with Crippen LogP contribution in [-0.4, -0.2) is 47.3 Å². The first-order chi connectivity index (χ1) is 12.3. The van der Waals surface area contributed by atoms with E-state index in [0.717, 1.165) is 0 Å². The minimum Gasteiger partial charge on any atom is -0.267 e. The number of hydrogen-bond donors (Lipinski definition) is 0. The Morgan fingerprint density at radius 3 is 2.77 bits per heavy atom. The van der Waals surface area contributed by atoms with Crippen LogP contribution < -0.4 is 5.56 Å². The van der Waals surface area contributed by atoms with Crippen molar-refractivity contribution in [1.29, 1.82) is 0 Å². The van der Waals surface area contributed by atoms with E-state index in [2.05, 4.69) is 25.9 Å². The lowest BCUT2D eigenvalue weighted by atomic mass is 10.4. The summed E-state index contributed by atoms with van der Waals surface area (Å²) in [6.07, 6.45) is 8.09. The highest BCUT2D eigenvalue weighted by Crippen LogP contribution is 2.19. The van der Waals surface area contributed by atoms with Crippen molar-refractivity contribution in [2.75, 3.05) is 18.8 Å². The molecule has 136 valence electrons. The quantitative estimate of drug-likeness (QED) is 0.377. The number of fused-ring (bicyclic) bond motifs is 1. The second-order valence-electron chi connectivity index (χ2n) is 5.71. The summed E-state index contributed by atoms with van der Waals surface area (Å²) in [5.41, 5.74) is 0.223. The van der Waals surface area contributed by atoms with Crippen LogP contribution in [0.1, 0.15) is 0 Å². The molecule has 8 nitrogen and oxygen atoms in total. The van der Waals surface area contributed by atoms with Gasteiger partial charge in [0.25, 0.3) is 5.56 Å². The first kappa shape index (κ1) is 18.3. The van der Waals surface area contributed by atoms with E-state index in [9.17, 15) is 9.00 Å². The van der Waals surface area contributed by atoms with Gasteiger partial charge in [0, 0.05) is 28.4 Å². The Balaban J connectivity index is 2.35. The van der Waals surface area contributed by atoms with E-state index in [1.54, 1.807) is 29.0 Å². The zero-order chi connectivity index (χ0) is 18.9. The Kier molecular flexibility index (Phi) is 4.97. The van der Waals surface area contributed by atoms with Gasteiger partial charge in [-0.2, -0.15) is 4.36 Å². The van der Waals surface area contributed by atoms with Crippen LogP contribution in [0.25, 0.3) is 16.9 Å². The molecule has 0 saturated heterocycles. The lowest BCUT2D eigenvalue weighted by molar-refractivity contribution is 0.596. The van der Waals surface area contributed by atoms with Crippen molar-refractivity contribution < 1.29 is 4.21 Å². The van der Waals surface area contributed by atoms with Crippen molar-refractivity contribution in [2.24, 2.45) is 4.36 Å². The van der Waals surface area contributed by atoms with E-state index in [1.807, 2.05) is 6.26 Å². The number of aromatic nitrogens is 5. The van der Waals surface area contributed by atoms with E-state index in [1.165, 1.54) is 35.2 Å². The molecule has 0 aliphatic heterocycles. The molecule has 0 atom stereocenters. The maximum absolute atomic E-state index is 12.7. The number of thioether (sulfide) groups is 1. The van der Waals surface area contributed by atoms with Crippen molar-refractivity contribution in [2.45, 2.75) is 11.7 Å². The highest BCUT2D eigenvalue weighted by atomic mass is 32.2. The summed E-state index contributed by atoms with van der Waals surface area (Å²) in [6.45, 7) is 3.99. The maximum atomic E-state index is 12.7. The van der Waals surface area contributed by atoms with Gasteiger partial charge in [-0.05, 0) is 18.4 Å². The Labute approximate surface area is 155 Å². The summed E-state index contributed by atoms with van der Waals surface area (Å²) in [4.78, 5) is 25.8. The zero-order valence-electron chi connectivity index (χ0n) is 14.6. The summed E-state index contributed by atoms with van der Waals surface area (Å²) >= 11 is 1.38. The highest BCUT2D eigenvalue weighted by molar-refractivity contribution is 7.98. The molecule has 26 heavy (non-hydrogen) atoms. The highest BCUT2D eigenvalue weighted by Gasteiger charge is 2.17. The molecule has 0 amide bonds. The van der Waals surface area contributed by atoms with Crippen molar-refractivity contribution in [3.05, 3.63) is 47.4 Å². The van der Waals surface area contributed by atoms with Gasteiger partial charge in [-0.1, -0.05) is 23.9 Å². The molecule has 0 fully saturated rings. The van der Waals surface area contributed by atoms with E-state index in [-0.39, 0.29) is 12.1 Å². The van der Waals surface area contributed by atoms with E-state index < -0.39 is 9.73 Å². The summed E-state index contributed by atoms with van der Waals surface area (Å²) < 4.78 is 19.2. The second kappa shape index (κ2) is 7.04. The maximum Gasteiger partial charge on any atom is 0.278 e. The Morgan fingerprint density at radius 1 is 1.35 bits per heavy atom. The van der Waals surface area contributed by atoms with Gasteiger partial charge in [-0.3, -0.25) is 4.79 Å². The monoisotopic (exact) mass is 390 g/mol. The van der Waals surface area contributed by atoms with Crippen molar-refractivity contribution in [1.82, 2.24) is 24.3 Å². The van der Waals surface area contributed by atoms with Gasteiger partial charge in [-0.25, -0.2) is 28.5 Å². The minimum absolute atomic E-state index is 0.230. The first-order valence-corrected chi connectivity index (χ1v) is 11.2. The largest absolute Gasteiger partial charge is 0.278 e. The van der Waals surface area contributed by atoms with Crippen molar-refractivity contribution in [3.63, 3.8) is 0 Å². The van der Waals surface area contributed by atoms with Crippen LogP contribution in [0.5, 0.6) is 0 Å². The van der Waals surface area contributed by atoms with Gasteiger partial charge in [0.15, 0.2) is 22.4 Å². The molecule has 0 radical (unpaired) electrons. The average molecular weight is 390 g/mol. The fraction of sp³-hybridized carbons (Fsp3) is 0.250. The normalized spacial score (nSPS) is 11.7. The second-order valence-corrected chi connectivity index (χ2v) is 9.03. The third-order valence-electron chi connectivity index (χ3n) is 3.39. The molecule has 3 rings (SSSR count). The number of allylic oxidation sites excluding steroid dienone is 1. The number of rotatable bonds is 5. The molecular weight excluding hydrogens is 372 g/mol.